The van der Waals surface area contributed by atoms with Crippen LogP contribution < -0.4 is 10.9 Å². The van der Waals surface area contributed by atoms with Crippen molar-refractivity contribution in [2.24, 2.45) is 0 Å². The molecule has 0 aliphatic rings. The molecule has 0 amide bonds. The van der Waals surface area contributed by atoms with Crippen LogP contribution in [0.15, 0.2) is 9.32 Å². The van der Waals surface area contributed by atoms with E-state index in [1.807, 2.05) is 27.8 Å². The van der Waals surface area contributed by atoms with Gasteiger partial charge in [-0.15, -0.1) is 12.4 Å². The van der Waals surface area contributed by atoms with Gasteiger partial charge in [0.15, 0.2) is 5.82 Å². The van der Waals surface area contributed by atoms with Crippen LogP contribution in [0, 0.1) is 0 Å². The maximum absolute atomic E-state index is 12.1. The second-order valence-electron chi connectivity index (χ2n) is 4.97. The number of rotatable bonds is 6. The minimum atomic E-state index is -0.291. The van der Waals surface area contributed by atoms with E-state index in [-0.39, 0.29) is 29.9 Å². The van der Waals surface area contributed by atoms with Crippen LogP contribution in [-0.4, -0.2) is 33.4 Å². The summed E-state index contributed by atoms with van der Waals surface area (Å²) in [6.45, 7) is 6.01. The molecule has 122 valence electrons. The second kappa shape index (κ2) is 8.05. The molecule has 0 fully saturated rings. The Morgan fingerprint density at radius 1 is 1.32 bits per heavy atom. The Morgan fingerprint density at radius 2 is 2.05 bits per heavy atom. The van der Waals surface area contributed by atoms with E-state index in [4.69, 9.17) is 4.52 Å². The van der Waals surface area contributed by atoms with Crippen molar-refractivity contribution in [1.82, 2.24) is 25.7 Å². The molecule has 7 nitrogen and oxygen atoms in total. The Labute approximate surface area is 135 Å². The average molecular weight is 328 g/mol. The third-order valence-corrected chi connectivity index (χ3v) is 3.52. The molecule has 2 rings (SSSR count). The third-order valence-electron chi connectivity index (χ3n) is 3.52. The van der Waals surface area contributed by atoms with E-state index in [0.29, 0.717) is 24.2 Å². The summed E-state index contributed by atoms with van der Waals surface area (Å²) < 4.78 is 5.28. The zero-order chi connectivity index (χ0) is 15.4. The normalized spacial score (nSPS) is 12.0. The maximum Gasteiger partial charge on any atom is 0.277 e. The number of aromatic nitrogens is 4. The lowest BCUT2D eigenvalue weighted by Gasteiger charge is -2.07. The molecule has 0 bridgehead atoms. The fourth-order valence-corrected chi connectivity index (χ4v) is 2.24. The highest BCUT2D eigenvalue weighted by Crippen LogP contribution is 2.21. The zero-order valence-corrected chi connectivity index (χ0v) is 14.1. The highest BCUT2D eigenvalue weighted by Gasteiger charge is 2.20. The molecule has 22 heavy (non-hydrogen) atoms. The molecule has 0 aliphatic heterocycles. The summed E-state index contributed by atoms with van der Waals surface area (Å²) >= 11 is 0. The van der Waals surface area contributed by atoms with Crippen molar-refractivity contribution in [2.75, 3.05) is 7.05 Å². The molecule has 0 saturated carbocycles. The van der Waals surface area contributed by atoms with Crippen molar-refractivity contribution in [3.05, 3.63) is 27.4 Å². The molecule has 8 heteroatoms. The van der Waals surface area contributed by atoms with Gasteiger partial charge in [-0.25, -0.2) is 5.10 Å². The van der Waals surface area contributed by atoms with Crippen LogP contribution in [0.5, 0.6) is 0 Å². The van der Waals surface area contributed by atoms with Crippen LogP contribution in [0.1, 0.15) is 37.9 Å². The lowest BCUT2D eigenvalue weighted by Crippen LogP contribution is -2.24. The van der Waals surface area contributed by atoms with Gasteiger partial charge in [0.05, 0.1) is 5.69 Å². The molecule has 2 aromatic rings. The van der Waals surface area contributed by atoms with Gasteiger partial charge in [0.25, 0.3) is 11.4 Å². The van der Waals surface area contributed by atoms with Gasteiger partial charge in [-0.05, 0) is 32.4 Å². The van der Waals surface area contributed by atoms with Crippen molar-refractivity contribution >= 4 is 12.4 Å². The molecule has 0 saturated heterocycles. The number of aromatic amines is 1. The number of hydrogen-bond acceptors (Lipinski definition) is 6. The molecule has 0 radical (unpaired) electrons. The van der Waals surface area contributed by atoms with E-state index < -0.39 is 0 Å². The maximum atomic E-state index is 12.1. The van der Waals surface area contributed by atoms with Crippen LogP contribution in [-0.2, 0) is 19.3 Å². The van der Waals surface area contributed by atoms with Gasteiger partial charge < -0.3 is 9.84 Å². The molecule has 0 aliphatic carbocycles. The van der Waals surface area contributed by atoms with E-state index in [2.05, 4.69) is 25.7 Å². The van der Waals surface area contributed by atoms with Crippen molar-refractivity contribution in [3.8, 4) is 11.5 Å². The largest absolute Gasteiger partial charge is 0.334 e. The van der Waals surface area contributed by atoms with Crippen molar-refractivity contribution < 1.29 is 4.52 Å². The van der Waals surface area contributed by atoms with Crippen molar-refractivity contribution in [3.63, 3.8) is 0 Å². The summed E-state index contributed by atoms with van der Waals surface area (Å²) in [5.41, 5.74) is 1.88. The topological polar surface area (TPSA) is 96.7 Å². The molecule has 1 unspecified atom stereocenters. The Kier molecular flexibility index (Phi) is 6.70. The molecule has 1 atom stereocenters. The van der Waals surface area contributed by atoms with Gasteiger partial charge in [-0.1, -0.05) is 19.0 Å². The molecule has 2 aromatic heterocycles. The highest BCUT2D eigenvalue weighted by atomic mass is 35.5. The van der Waals surface area contributed by atoms with Crippen LogP contribution in [0.2, 0.25) is 0 Å². The van der Waals surface area contributed by atoms with Crippen LogP contribution >= 0.6 is 12.4 Å². The SMILES string of the molecule is CCc1n[nH]c(=O)c(-c2nc(CC(C)NC)no2)c1CC.Cl. The highest BCUT2D eigenvalue weighted by molar-refractivity contribution is 5.85. The van der Waals surface area contributed by atoms with Crippen LogP contribution in [0.3, 0.4) is 0 Å². The number of H-pyrrole nitrogens is 1. The summed E-state index contributed by atoms with van der Waals surface area (Å²) in [6.07, 6.45) is 2.08. The minimum Gasteiger partial charge on any atom is -0.334 e. The standard InChI is InChI=1S/C14H21N5O2.ClH/c1-5-9-10(6-2)17-18-13(20)12(9)14-16-11(19-21-14)7-8(3)15-4;/h8,15H,5-7H2,1-4H3,(H,18,20);1H. The molecule has 0 spiro atoms. The smallest absolute Gasteiger partial charge is 0.277 e. The first-order chi connectivity index (χ1) is 10.1. The number of hydrogen-bond donors (Lipinski definition) is 2. The lowest BCUT2D eigenvalue weighted by molar-refractivity contribution is 0.417. The molecule has 0 aromatic carbocycles. The lowest BCUT2D eigenvalue weighted by atomic mass is 10.0. The van der Waals surface area contributed by atoms with Gasteiger partial charge in [0.2, 0.25) is 0 Å². The summed E-state index contributed by atoms with van der Waals surface area (Å²) in [6, 6.07) is 0.239. The van der Waals surface area contributed by atoms with E-state index in [0.717, 1.165) is 17.7 Å². The quantitative estimate of drug-likeness (QED) is 0.835. The predicted molar refractivity (Wildman–Crippen MR) is 86.4 cm³/mol. The Balaban J connectivity index is 0.00000242. The summed E-state index contributed by atoms with van der Waals surface area (Å²) in [5.74, 6) is 0.853. The number of nitrogens with zero attached hydrogens (tertiary/aromatic N) is 3. The number of halogens is 1. The van der Waals surface area contributed by atoms with Gasteiger partial charge >= 0.3 is 0 Å². The first-order valence-corrected chi connectivity index (χ1v) is 7.21. The summed E-state index contributed by atoms with van der Waals surface area (Å²) in [7, 11) is 1.88. The van der Waals surface area contributed by atoms with Crippen LogP contribution in [0.4, 0.5) is 0 Å². The monoisotopic (exact) mass is 327 g/mol. The zero-order valence-electron chi connectivity index (χ0n) is 13.3. The fraction of sp³-hybridized carbons (Fsp3) is 0.571. The Bertz CT molecular complexity index is 667. The van der Waals surface area contributed by atoms with E-state index in [1.54, 1.807) is 0 Å². The Hall–Kier alpha value is -1.73. The van der Waals surface area contributed by atoms with Crippen LogP contribution in [0.25, 0.3) is 11.5 Å². The van der Waals surface area contributed by atoms with Gasteiger partial charge in [-0.2, -0.15) is 10.1 Å². The molecular formula is C14H22ClN5O2. The van der Waals surface area contributed by atoms with E-state index in [1.165, 1.54) is 0 Å². The minimum absolute atomic E-state index is 0. The second-order valence-corrected chi connectivity index (χ2v) is 4.97. The van der Waals surface area contributed by atoms with E-state index in [9.17, 15) is 4.79 Å². The van der Waals surface area contributed by atoms with Gasteiger partial charge in [-0.3, -0.25) is 4.79 Å². The Morgan fingerprint density at radius 3 is 2.64 bits per heavy atom. The van der Waals surface area contributed by atoms with E-state index >= 15 is 0 Å². The molecule has 2 heterocycles. The molecule has 2 N–H and O–H groups in total. The summed E-state index contributed by atoms with van der Waals surface area (Å²) in [4.78, 5) is 16.4. The van der Waals surface area contributed by atoms with Crippen molar-refractivity contribution in [2.45, 2.75) is 46.1 Å². The molecular weight excluding hydrogens is 306 g/mol. The van der Waals surface area contributed by atoms with Gasteiger partial charge in [0.1, 0.15) is 5.56 Å². The number of likely N-dealkylation sites (N-methyl/N-ethyl adjacent to an activating group) is 1. The third kappa shape index (κ3) is 3.72. The van der Waals surface area contributed by atoms with Crippen molar-refractivity contribution in [1.29, 1.82) is 0 Å². The predicted octanol–water partition coefficient (Wildman–Crippen LogP) is 1.52. The summed E-state index contributed by atoms with van der Waals surface area (Å²) in [5, 5.41) is 13.7. The average Bonchev–Trinajstić information content (AvgIpc) is 2.94. The number of aryl methyl sites for hydroxylation is 1. The first kappa shape index (κ1) is 18.3. The fourth-order valence-electron chi connectivity index (χ4n) is 2.24. The number of nitrogens with one attached hydrogen (secondary N) is 2. The first-order valence-electron chi connectivity index (χ1n) is 7.21. The van der Waals surface area contributed by atoms with Gasteiger partial charge in [0, 0.05) is 12.5 Å².